The second-order valence-electron chi connectivity index (χ2n) is 5.02. The van der Waals surface area contributed by atoms with Crippen LogP contribution in [-0.2, 0) is 9.53 Å². The highest BCUT2D eigenvalue weighted by atomic mass is 19.2. The SMILES string of the molecule is COC(=O)c1cccc(C(=O)Nc2cc(F)c(F)cc2NC(C)=O)c1. The molecule has 2 aromatic rings. The molecular weight excluding hydrogens is 334 g/mol. The van der Waals surface area contributed by atoms with Crippen LogP contribution in [0.3, 0.4) is 0 Å². The molecule has 2 amide bonds. The van der Waals surface area contributed by atoms with Crippen LogP contribution in [0.2, 0.25) is 0 Å². The minimum Gasteiger partial charge on any atom is -0.465 e. The number of hydrogen-bond acceptors (Lipinski definition) is 4. The quantitative estimate of drug-likeness (QED) is 0.832. The van der Waals surface area contributed by atoms with Crippen LogP contribution in [0, 0.1) is 11.6 Å². The molecule has 0 unspecified atom stereocenters. The van der Waals surface area contributed by atoms with Crippen LogP contribution in [0.1, 0.15) is 27.6 Å². The van der Waals surface area contributed by atoms with Crippen LogP contribution in [0.4, 0.5) is 20.2 Å². The molecule has 0 saturated heterocycles. The van der Waals surface area contributed by atoms with Gasteiger partial charge < -0.3 is 15.4 Å². The van der Waals surface area contributed by atoms with Gasteiger partial charge in [-0.3, -0.25) is 9.59 Å². The van der Waals surface area contributed by atoms with E-state index in [0.717, 1.165) is 12.1 Å². The number of hydrogen-bond donors (Lipinski definition) is 2. The molecule has 8 heteroatoms. The molecule has 0 aliphatic rings. The van der Waals surface area contributed by atoms with Gasteiger partial charge in [-0.15, -0.1) is 0 Å². The average Bonchev–Trinajstić information content (AvgIpc) is 2.58. The molecule has 0 fully saturated rings. The van der Waals surface area contributed by atoms with Gasteiger partial charge in [0.2, 0.25) is 5.91 Å². The average molecular weight is 348 g/mol. The van der Waals surface area contributed by atoms with Gasteiger partial charge in [-0.25, -0.2) is 13.6 Å². The molecule has 0 heterocycles. The third kappa shape index (κ3) is 4.37. The van der Waals surface area contributed by atoms with Crippen molar-refractivity contribution in [1.82, 2.24) is 0 Å². The fourth-order valence-electron chi connectivity index (χ4n) is 2.04. The van der Waals surface area contributed by atoms with Gasteiger partial charge in [-0.2, -0.15) is 0 Å². The zero-order valence-electron chi connectivity index (χ0n) is 13.4. The van der Waals surface area contributed by atoms with Gasteiger partial charge in [0, 0.05) is 24.6 Å². The minimum atomic E-state index is -1.19. The largest absolute Gasteiger partial charge is 0.465 e. The number of amides is 2. The molecule has 6 nitrogen and oxygen atoms in total. The number of esters is 1. The van der Waals surface area contributed by atoms with Gasteiger partial charge in [0.1, 0.15) is 0 Å². The van der Waals surface area contributed by atoms with E-state index in [1.165, 1.54) is 38.3 Å². The monoisotopic (exact) mass is 348 g/mol. The van der Waals surface area contributed by atoms with E-state index in [2.05, 4.69) is 15.4 Å². The zero-order valence-corrected chi connectivity index (χ0v) is 13.4. The van der Waals surface area contributed by atoms with E-state index in [1.807, 2.05) is 0 Å². The molecule has 2 rings (SSSR count). The number of methoxy groups -OCH3 is 1. The summed E-state index contributed by atoms with van der Waals surface area (Å²) in [6, 6.07) is 7.17. The highest BCUT2D eigenvalue weighted by Crippen LogP contribution is 2.26. The Kier molecular flexibility index (Phi) is 5.43. The molecule has 0 atom stereocenters. The highest BCUT2D eigenvalue weighted by Gasteiger charge is 2.15. The number of anilines is 2. The predicted molar refractivity (Wildman–Crippen MR) is 86.4 cm³/mol. The van der Waals surface area contributed by atoms with Crippen LogP contribution in [0.5, 0.6) is 0 Å². The third-order valence-corrected chi connectivity index (χ3v) is 3.17. The summed E-state index contributed by atoms with van der Waals surface area (Å²) in [5, 5.41) is 4.67. The second kappa shape index (κ2) is 7.52. The van der Waals surface area contributed by atoms with Crippen LogP contribution < -0.4 is 10.6 Å². The molecule has 25 heavy (non-hydrogen) atoms. The maximum atomic E-state index is 13.5. The lowest BCUT2D eigenvalue weighted by Gasteiger charge is -2.12. The maximum absolute atomic E-state index is 13.5. The summed E-state index contributed by atoms with van der Waals surface area (Å²) in [6.07, 6.45) is 0. The van der Waals surface area contributed by atoms with Crippen molar-refractivity contribution in [2.75, 3.05) is 17.7 Å². The number of ether oxygens (including phenoxy) is 1. The Labute approximate surface area is 141 Å². The summed E-state index contributed by atoms with van der Waals surface area (Å²) in [6.45, 7) is 1.19. The van der Waals surface area contributed by atoms with Crippen molar-refractivity contribution in [2.45, 2.75) is 6.92 Å². The molecule has 0 bridgehead atoms. The van der Waals surface area contributed by atoms with E-state index in [1.54, 1.807) is 0 Å². The van der Waals surface area contributed by atoms with Gasteiger partial charge >= 0.3 is 5.97 Å². The first-order valence-corrected chi connectivity index (χ1v) is 7.08. The summed E-state index contributed by atoms with van der Waals surface area (Å²) >= 11 is 0. The first-order chi connectivity index (χ1) is 11.8. The van der Waals surface area contributed by atoms with Crippen molar-refractivity contribution >= 4 is 29.2 Å². The first kappa shape index (κ1) is 18.1. The van der Waals surface area contributed by atoms with Crippen LogP contribution in [-0.4, -0.2) is 24.9 Å². The molecular formula is C17H14F2N2O4. The number of benzene rings is 2. The van der Waals surface area contributed by atoms with Crippen molar-refractivity contribution in [2.24, 2.45) is 0 Å². The number of halogens is 2. The Morgan fingerprint density at radius 3 is 2.04 bits per heavy atom. The third-order valence-electron chi connectivity index (χ3n) is 3.17. The van der Waals surface area contributed by atoms with E-state index in [4.69, 9.17) is 0 Å². The number of carbonyl (C=O) groups is 3. The van der Waals surface area contributed by atoms with E-state index < -0.39 is 29.4 Å². The van der Waals surface area contributed by atoms with E-state index in [9.17, 15) is 23.2 Å². The molecule has 0 saturated carbocycles. The summed E-state index contributed by atoms with van der Waals surface area (Å²) in [5.41, 5.74) is 0.0374. The summed E-state index contributed by atoms with van der Waals surface area (Å²) in [7, 11) is 1.20. The van der Waals surface area contributed by atoms with Crippen LogP contribution >= 0.6 is 0 Å². The molecule has 0 aliphatic heterocycles. The van der Waals surface area contributed by atoms with Gasteiger partial charge in [-0.1, -0.05) is 6.07 Å². The Balaban J connectivity index is 2.33. The molecule has 0 spiro atoms. The fourth-order valence-corrected chi connectivity index (χ4v) is 2.04. The first-order valence-electron chi connectivity index (χ1n) is 7.08. The Morgan fingerprint density at radius 1 is 0.920 bits per heavy atom. The number of rotatable bonds is 4. The molecule has 0 radical (unpaired) electrons. The lowest BCUT2D eigenvalue weighted by Crippen LogP contribution is -2.16. The van der Waals surface area contributed by atoms with Gasteiger partial charge in [0.15, 0.2) is 11.6 Å². The van der Waals surface area contributed by atoms with Crippen molar-refractivity contribution in [3.05, 3.63) is 59.2 Å². The lowest BCUT2D eigenvalue weighted by atomic mass is 10.1. The summed E-state index contributed by atoms with van der Waals surface area (Å²) < 4.78 is 31.4. The molecule has 0 aromatic heterocycles. The zero-order chi connectivity index (χ0) is 18.6. The normalized spacial score (nSPS) is 10.1. The predicted octanol–water partition coefficient (Wildman–Crippen LogP) is 2.96. The number of nitrogens with one attached hydrogen (secondary N) is 2. The standard InChI is InChI=1S/C17H14F2N2O4/c1-9(22)20-14-7-12(18)13(19)8-15(14)21-16(23)10-4-3-5-11(6-10)17(24)25-2/h3-8H,1-2H3,(H,20,22)(H,21,23). The van der Waals surface area contributed by atoms with Crippen molar-refractivity contribution in [3.8, 4) is 0 Å². The smallest absolute Gasteiger partial charge is 0.337 e. The Hall–Kier alpha value is -3.29. The van der Waals surface area contributed by atoms with Crippen molar-refractivity contribution in [3.63, 3.8) is 0 Å². The van der Waals surface area contributed by atoms with Gasteiger partial charge in [0.05, 0.1) is 24.0 Å². The Morgan fingerprint density at radius 2 is 1.48 bits per heavy atom. The molecule has 130 valence electrons. The molecule has 0 aliphatic carbocycles. The summed E-state index contributed by atoms with van der Waals surface area (Å²) in [4.78, 5) is 35.0. The van der Waals surface area contributed by atoms with Crippen molar-refractivity contribution < 1.29 is 27.9 Å². The van der Waals surface area contributed by atoms with Gasteiger partial charge in [-0.05, 0) is 18.2 Å². The minimum absolute atomic E-state index is 0.0936. The topological polar surface area (TPSA) is 84.5 Å². The van der Waals surface area contributed by atoms with Crippen LogP contribution in [0.25, 0.3) is 0 Å². The highest BCUT2D eigenvalue weighted by molar-refractivity contribution is 6.08. The maximum Gasteiger partial charge on any atom is 0.337 e. The molecule has 2 N–H and O–H groups in total. The summed E-state index contributed by atoms with van der Waals surface area (Å²) in [5.74, 6) is -4.18. The molecule has 2 aromatic carbocycles. The number of carbonyl (C=O) groups excluding carboxylic acids is 3. The second-order valence-corrected chi connectivity index (χ2v) is 5.02. The lowest BCUT2D eigenvalue weighted by molar-refractivity contribution is -0.114. The van der Waals surface area contributed by atoms with E-state index in [-0.39, 0.29) is 22.5 Å². The van der Waals surface area contributed by atoms with Crippen molar-refractivity contribution in [1.29, 1.82) is 0 Å². The van der Waals surface area contributed by atoms with E-state index in [0.29, 0.717) is 0 Å². The van der Waals surface area contributed by atoms with Gasteiger partial charge in [0.25, 0.3) is 5.91 Å². The van der Waals surface area contributed by atoms with E-state index >= 15 is 0 Å². The van der Waals surface area contributed by atoms with Crippen LogP contribution in [0.15, 0.2) is 36.4 Å². The Bertz CT molecular complexity index is 853. The fraction of sp³-hybridized carbons (Fsp3) is 0.118.